The van der Waals surface area contributed by atoms with Gasteiger partial charge in [-0.25, -0.2) is 4.39 Å². The molecule has 0 radical (unpaired) electrons. The molecule has 0 unspecified atom stereocenters. The molecule has 2 rings (SSSR count). The zero-order valence-corrected chi connectivity index (χ0v) is 13.9. The Morgan fingerprint density at radius 3 is 2.14 bits per heavy atom. The van der Waals surface area contributed by atoms with Crippen LogP contribution in [0.25, 0.3) is 0 Å². The quantitative estimate of drug-likeness (QED) is 0.826. The second-order valence-electron chi connectivity index (χ2n) is 5.06. The fourth-order valence-corrected chi connectivity index (χ4v) is 2.95. The van der Waals surface area contributed by atoms with E-state index in [1.165, 1.54) is 18.2 Å². The Bertz CT molecular complexity index is 762. The second kappa shape index (κ2) is 6.01. The van der Waals surface area contributed by atoms with Crippen LogP contribution in [0.5, 0.6) is 11.5 Å². The van der Waals surface area contributed by atoms with Gasteiger partial charge in [0, 0.05) is 0 Å². The van der Waals surface area contributed by atoms with E-state index < -0.39 is 13.4 Å². The van der Waals surface area contributed by atoms with Crippen molar-refractivity contribution < 1.29 is 23.5 Å². The molecular formula is C15H15ClFO4P. The zero-order chi connectivity index (χ0) is 16.7. The third-order valence-electron chi connectivity index (χ3n) is 3.23. The van der Waals surface area contributed by atoms with Gasteiger partial charge in [-0.1, -0.05) is 17.7 Å². The second-order valence-corrected chi connectivity index (χ2v) is 7.05. The van der Waals surface area contributed by atoms with Crippen molar-refractivity contribution in [2.24, 2.45) is 0 Å². The molecule has 2 aromatic rings. The van der Waals surface area contributed by atoms with Gasteiger partial charge in [0.15, 0.2) is 11.6 Å². The van der Waals surface area contributed by atoms with Crippen molar-refractivity contribution in [2.45, 2.75) is 20.8 Å². The van der Waals surface area contributed by atoms with Crippen LogP contribution in [0.15, 0.2) is 24.3 Å². The molecule has 2 aromatic carbocycles. The van der Waals surface area contributed by atoms with Crippen LogP contribution in [0, 0.1) is 26.6 Å². The van der Waals surface area contributed by atoms with Gasteiger partial charge in [0.05, 0.1) is 10.3 Å². The maximum atomic E-state index is 14.1. The molecule has 0 spiro atoms. The SMILES string of the molecule is Cc1ccc(Oc2c(C)cc(P(=O)(O)O)cc2C)c(F)c1Cl. The fourth-order valence-electron chi connectivity index (χ4n) is 2.07. The van der Waals surface area contributed by atoms with Crippen LogP contribution in [0.4, 0.5) is 4.39 Å². The van der Waals surface area contributed by atoms with E-state index in [1.54, 1.807) is 26.8 Å². The van der Waals surface area contributed by atoms with Crippen LogP contribution in [0.2, 0.25) is 5.02 Å². The van der Waals surface area contributed by atoms with E-state index in [-0.39, 0.29) is 16.1 Å². The number of hydrogen-bond donors (Lipinski definition) is 2. The molecule has 0 amide bonds. The topological polar surface area (TPSA) is 66.8 Å². The molecule has 0 saturated heterocycles. The standard InChI is InChI=1S/C15H15ClFO4P/c1-8-4-5-12(14(17)13(8)16)21-15-9(2)6-11(7-10(15)3)22(18,19)20/h4-7H,1-3H3,(H2,18,19,20). The van der Waals surface area contributed by atoms with E-state index in [1.807, 2.05) is 0 Å². The summed E-state index contributed by atoms with van der Waals surface area (Å²) in [7, 11) is -4.35. The fraction of sp³-hybridized carbons (Fsp3) is 0.200. The van der Waals surface area contributed by atoms with E-state index in [4.69, 9.17) is 16.3 Å². The van der Waals surface area contributed by atoms with Crippen LogP contribution in [0.1, 0.15) is 16.7 Å². The Labute approximate surface area is 132 Å². The molecule has 4 nitrogen and oxygen atoms in total. The van der Waals surface area contributed by atoms with E-state index in [2.05, 4.69) is 0 Å². The summed E-state index contributed by atoms with van der Waals surface area (Å²) in [5.74, 6) is -0.360. The summed E-state index contributed by atoms with van der Waals surface area (Å²) < 4.78 is 31.0. The molecule has 0 aromatic heterocycles. The van der Waals surface area contributed by atoms with Crippen LogP contribution < -0.4 is 10.0 Å². The lowest BCUT2D eigenvalue weighted by molar-refractivity contribution is 0.387. The summed E-state index contributed by atoms with van der Waals surface area (Å²) in [6, 6.07) is 5.76. The molecule has 0 atom stereocenters. The van der Waals surface area contributed by atoms with E-state index in [0.717, 1.165) is 0 Å². The highest BCUT2D eigenvalue weighted by molar-refractivity contribution is 7.60. The van der Waals surface area contributed by atoms with Gasteiger partial charge in [0.2, 0.25) is 0 Å². The molecule has 22 heavy (non-hydrogen) atoms. The minimum atomic E-state index is -4.35. The Kier molecular flexibility index (Phi) is 4.64. The summed E-state index contributed by atoms with van der Waals surface area (Å²) in [4.78, 5) is 18.4. The van der Waals surface area contributed by atoms with Crippen molar-refractivity contribution in [1.82, 2.24) is 0 Å². The highest BCUT2D eigenvalue weighted by Gasteiger charge is 2.21. The molecule has 0 aliphatic rings. The van der Waals surface area contributed by atoms with Gasteiger partial charge in [-0.3, -0.25) is 4.57 Å². The van der Waals surface area contributed by atoms with Crippen molar-refractivity contribution in [3.8, 4) is 11.5 Å². The Hall–Kier alpha value is -1.39. The first-order valence-electron chi connectivity index (χ1n) is 6.41. The third kappa shape index (κ3) is 3.33. The van der Waals surface area contributed by atoms with E-state index >= 15 is 0 Å². The summed E-state index contributed by atoms with van der Waals surface area (Å²) in [5, 5.41) is -0.114. The molecule has 0 aliphatic heterocycles. The minimum Gasteiger partial charge on any atom is -0.454 e. The highest BCUT2D eigenvalue weighted by Crippen LogP contribution is 2.38. The maximum Gasteiger partial charge on any atom is 0.356 e. The zero-order valence-electron chi connectivity index (χ0n) is 12.2. The predicted molar refractivity (Wildman–Crippen MR) is 83.8 cm³/mol. The van der Waals surface area contributed by atoms with Crippen molar-refractivity contribution in [1.29, 1.82) is 0 Å². The number of rotatable bonds is 3. The molecule has 0 fully saturated rings. The average Bonchev–Trinajstić information content (AvgIpc) is 2.41. The summed E-state index contributed by atoms with van der Waals surface area (Å²) >= 11 is 5.86. The molecule has 7 heteroatoms. The summed E-state index contributed by atoms with van der Waals surface area (Å²) in [5.41, 5.74) is 1.58. The number of hydrogen-bond acceptors (Lipinski definition) is 2. The number of ether oxygens (including phenoxy) is 1. The molecule has 0 aliphatic carbocycles. The van der Waals surface area contributed by atoms with Gasteiger partial charge in [0.1, 0.15) is 5.75 Å². The predicted octanol–water partition coefficient (Wildman–Crippen LogP) is 4.00. The first-order valence-corrected chi connectivity index (χ1v) is 8.40. The first kappa shape index (κ1) is 17.0. The number of benzene rings is 2. The third-order valence-corrected chi connectivity index (χ3v) is 4.63. The molecular weight excluding hydrogens is 330 g/mol. The van der Waals surface area contributed by atoms with E-state index in [9.17, 15) is 18.7 Å². The van der Waals surface area contributed by atoms with Gasteiger partial charge in [-0.15, -0.1) is 0 Å². The van der Waals surface area contributed by atoms with Crippen molar-refractivity contribution >= 4 is 24.5 Å². The monoisotopic (exact) mass is 344 g/mol. The smallest absolute Gasteiger partial charge is 0.356 e. The van der Waals surface area contributed by atoms with E-state index in [0.29, 0.717) is 22.4 Å². The van der Waals surface area contributed by atoms with Crippen molar-refractivity contribution in [2.75, 3.05) is 0 Å². The lowest BCUT2D eigenvalue weighted by Gasteiger charge is -2.15. The van der Waals surface area contributed by atoms with Gasteiger partial charge in [0.25, 0.3) is 0 Å². The number of aryl methyl sites for hydroxylation is 3. The maximum absolute atomic E-state index is 14.1. The van der Waals surface area contributed by atoms with Gasteiger partial charge < -0.3 is 14.5 Å². The minimum absolute atomic E-state index is 0.0142. The van der Waals surface area contributed by atoms with Crippen LogP contribution >= 0.6 is 19.2 Å². The summed E-state index contributed by atoms with van der Waals surface area (Å²) in [6.07, 6.45) is 0. The Balaban J connectivity index is 2.48. The first-order chi connectivity index (χ1) is 10.1. The highest BCUT2D eigenvalue weighted by atomic mass is 35.5. The van der Waals surface area contributed by atoms with Gasteiger partial charge >= 0.3 is 7.60 Å². The number of halogens is 2. The van der Waals surface area contributed by atoms with Crippen LogP contribution in [-0.4, -0.2) is 9.79 Å². The lowest BCUT2D eigenvalue weighted by Crippen LogP contribution is -2.07. The molecule has 2 N–H and O–H groups in total. The molecule has 0 heterocycles. The Morgan fingerprint density at radius 1 is 1.09 bits per heavy atom. The van der Waals surface area contributed by atoms with Crippen molar-refractivity contribution in [3.05, 3.63) is 51.8 Å². The Morgan fingerprint density at radius 2 is 1.64 bits per heavy atom. The van der Waals surface area contributed by atoms with Gasteiger partial charge in [-0.05, 0) is 55.7 Å². The lowest BCUT2D eigenvalue weighted by atomic mass is 10.1. The molecule has 0 bridgehead atoms. The summed E-state index contributed by atoms with van der Waals surface area (Å²) in [6.45, 7) is 4.95. The van der Waals surface area contributed by atoms with Gasteiger partial charge in [-0.2, -0.15) is 0 Å². The molecule has 0 saturated carbocycles. The molecule has 118 valence electrons. The van der Waals surface area contributed by atoms with Crippen LogP contribution in [0.3, 0.4) is 0 Å². The normalized spacial score (nSPS) is 11.6. The van der Waals surface area contributed by atoms with Crippen LogP contribution in [-0.2, 0) is 4.57 Å². The largest absolute Gasteiger partial charge is 0.454 e. The average molecular weight is 345 g/mol. The van der Waals surface area contributed by atoms with Crippen molar-refractivity contribution in [3.63, 3.8) is 0 Å².